The van der Waals surface area contributed by atoms with Crippen LogP contribution in [0.1, 0.15) is 78.9 Å². The number of rotatable bonds is 6. The lowest BCUT2D eigenvalue weighted by atomic mass is 9.78. The molecule has 0 fully saturated rings. The van der Waals surface area contributed by atoms with Crippen LogP contribution >= 0.6 is 0 Å². The van der Waals surface area contributed by atoms with Crippen LogP contribution in [0.2, 0.25) is 0 Å². The molecule has 3 unspecified atom stereocenters. The Labute approximate surface area is 214 Å². The molecule has 4 N–H and O–H groups in total. The number of hydrogen-bond acceptors (Lipinski definition) is 5. The molecule has 3 atom stereocenters. The molecule has 200 valence electrons. The smallest absolute Gasteiger partial charge is 0.377 e. The minimum atomic E-state index is -1.40. The Morgan fingerprint density at radius 1 is 0.806 bits per heavy atom. The van der Waals surface area contributed by atoms with E-state index in [-0.39, 0.29) is 17.3 Å². The molecule has 0 saturated carbocycles. The SMILES string of the molecule is CC(C)C(O)C(C)C(O)C(C)(C)C.Cc1cc(C)c(C(=O)C(=O)O)c(C)c1.O=C(O)c1ccccc1. The summed E-state index contributed by atoms with van der Waals surface area (Å²) in [6.45, 7) is 17.2. The molecule has 2 aromatic carbocycles. The molecule has 0 aromatic heterocycles. The monoisotopic (exact) mass is 502 g/mol. The van der Waals surface area contributed by atoms with Crippen LogP contribution in [0.4, 0.5) is 0 Å². The Bertz CT molecular complexity index is 981. The van der Waals surface area contributed by atoms with Gasteiger partial charge in [-0.05, 0) is 55.4 Å². The summed E-state index contributed by atoms with van der Waals surface area (Å²) in [6, 6.07) is 11.9. The Kier molecular flexibility index (Phi) is 13.3. The van der Waals surface area contributed by atoms with E-state index in [2.05, 4.69) is 0 Å². The summed E-state index contributed by atoms with van der Waals surface area (Å²) in [6.07, 6.45) is -0.876. The average Bonchev–Trinajstić information content (AvgIpc) is 2.77. The molecule has 0 saturated heterocycles. The van der Waals surface area contributed by atoms with Crippen molar-refractivity contribution in [2.24, 2.45) is 17.3 Å². The summed E-state index contributed by atoms with van der Waals surface area (Å²) in [5, 5.41) is 36.7. The van der Waals surface area contributed by atoms with Crippen LogP contribution in [-0.2, 0) is 4.79 Å². The highest BCUT2D eigenvalue weighted by Crippen LogP contribution is 2.28. The highest BCUT2D eigenvalue weighted by molar-refractivity contribution is 6.40. The highest BCUT2D eigenvalue weighted by atomic mass is 16.4. The molecular formula is C29H42O7. The summed E-state index contributed by atoms with van der Waals surface area (Å²) >= 11 is 0. The first kappa shape index (κ1) is 33.0. The normalized spacial score (nSPS) is 13.3. The molecule has 0 bridgehead atoms. The van der Waals surface area contributed by atoms with Crippen LogP contribution in [-0.4, -0.2) is 50.4 Å². The molecule has 0 aliphatic rings. The molecule has 7 nitrogen and oxygen atoms in total. The Hall–Kier alpha value is -3.03. The fourth-order valence-electron chi connectivity index (χ4n) is 3.81. The van der Waals surface area contributed by atoms with Gasteiger partial charge < -0.3 is 20.4 Å². The Balaban J connectivity index is 0.000000522. The summed E-state index contributed by atoms with van der Waals surface area (Å²) in [4.78, 5) is 32.0. The molecular weight excluding hydrogens is 460 g/mol. The van der Waals surface area contributed by atoms with Crippen LogP contribution in [0, 0.1) is 38.0 Å². The second kappa shape index (κ2) is 14.5. The van der Waals surface area contributed by atoms with Gasteiger partial charge in [0.2, 0.25) is 0 Å². The molecule has 7 heteroatoms. The van der Waals surface area contributed by atoms with Crippen LogP contribution in [0.3, 0.4) is 0 Å². The van der Waals surface area contributed by atoms with Crippen molar-refractivity contribution in [1.29, 1.82) is 0 Å². The zero-order chi connectivity index (χ0) is 28.4. The van der Waals surface area contributed by atoms with Gasteiger partial charge in [0.05, 0.1) is 17.8 Å². The number of carboxylic acids is 2. The van der Waals surface area contributed by atoms with Crippen molar-refractivity contribution < 1.29 is 34.8 Å². The van der Waals surface area contributed by atoms with Gasteiger partial charge in [0, 0.05) is 11.5 Å². The summed E-state index contributed by atoms with van der Waals surface area (Å²) in [7, 11) is 0. The van der Waals surface area contributed by atoms with E-state index < -0.39 is 29.9 Å². The van der Waals surface area contributed by atoms with Crippen LogP contribution in [0.15, 0.2) is 42.5 Å². The number of aromatic carboxylic acids is 1. The van der Waals surface area contributed by atoms with Gasteiger partial charge in [-0.1, -0.05) is 77.4 Å². The van der Waals surface area contributed by atoms with Gasteiger partial charge >= 0.3 is 11.9 Å². The molecule has 0 spiro atoms. The standard InChI is InChI=1S/C11H12O3.C11H24O2.C7H6O2/c1-6-4-7(2)9(8(3)5-6)10(12)11(13)14;1-7(2)9(12)8(3)10(13)11(4,5)6;8-7(9)6-4-2-1-3-5-6/h4-5H,1-3H3,(H,13,14);7-10,12-13H,1-6H3;1-5H,(H,8,9). The molecule has 0 aliphatic heterocycles. The van der Waals surface area contributed by atoms with Crippen LogP contribution in [0.25, 0.3) is 0 Å². The largest absolute Gasteiger partial charge is 0.478 e. The van der Waals surface area contributed by atoms with Gasteiger partial charge in [-0.3, -0.25) is 4.79 Å². The van der Waals surface area contributed by atoms with E-state index in [1.165, 1.54) is 0 Å². The van der Waals surface area contributed by atoms with Crippen LogP contribution in [0.5, 0.6) is 0 Å². The first-order valence-electron chi connectivity index (χ1n) is 11.9. The summed E-state index contributed by atoms with van der Waals surface area (Å²) < 4.78 is 0. The number of benzene rings is 2. The maximum Gasteiger partial charge on any atom is 0.377 e. The van der Waals surface area contributed by atoms with Gasteiger partial charge in [-0.15, -0.1) is 0 Å². The topological polar surface area (TPSA) is 132 Å². The first-order valence-corrected chi connectivity index (χ1v) is 11.9. The number of aliphatic hydroxyl groups is 2. The minimum Gasteiger partial charge on any atom is -0.478 e. The third-order valence-corrected chi connectivity index (χ3v) is 5.73. The second-order valence-corrected chi connectivity index (χ2v) is 10.5. The van der Waals surface area contributed by atoms with Crippen molar-refractivity contribution in [2.45, 2.75) is 74.5 Å². The first-order chi connectivity index (χ1) is 16.4. The molecule has 0 radical (unpaired) electrons. The van der Waals surface area contributed by atoms with Gasteiger partial charge in [-0.25, -0.2) is 9.59 Å². The number of ketones is 1. The lowest BCUT2D eigenvalue weighted by Gasteiger charge is -2.34. The van der Waals surface area contributed by atoms with Crippen molar-refractivity contribution in [3.63, 3.8) is 0 Å². The van der Waals surface area contributed by atoms with Crippen molar-refractivity contribution in [1.82, 2.24) is 0 Å². The van der Waals surface area contributed by atoms with Crippen molar-refractivity contribution in [3.05, 3.63) is 70.3 Å². The Morgan fingerprint density at radius 3 is 1.56 bits per heavy atom. The van der Waals surface area contributed by atoms with Gasteiger partial charge in [0.25, 0.3) is 5.78 Å². The van der Waals surface area contributed by atoms with E-state index in [1.54, 1.807) is 44.2 Å². The molecule has 0 aliphatic carbocycles. The van der Waals surface area contributed by atoms with Crippen molar-refractivity contribution >= 4 is 17.7 Å². The van der Waals surface area contributed by atoms with E-state index in [9.17, 15) is 24.6 Å². The van der Waals surface area contributed by atoms with Crippen molar-refractivity contribution in [2.75, 3.05) is 0 Å². The molecule has 0 heterocycles. The third kappa shape index (κ3) is 10.7. The number of carboxylic acid groups (broad SMARTS) is 2. The molecule has 2 aromatic rings. The third-order valence-electron chi connectivity index (χ3n) is 5.73. The van der Waals surface area contributed by atoms with Gasteiger partial charge in [0.1, 0.15) is 0 Å². The highest BCUT2D eigenvalue weighted by Gasteiger charge is 2.32. The fourth-order valence-corrected chi connectivity index (χ4v) is 3.81. The average molecular weight is 503 g/mol. The number of aryl methyl sites for hydroxylation is 3. The maximum atomic E-state index is 11.3. The number of carbonyl (C=O) groups is 3. The second-order valence-electron chi connectivity index (χ2n) is 10.5. The van der Waals surface area contributed by atoms with E-state index >= 15 is 0 Å². The quantitative estimate of drug-likeness (QED) is 0.311. The Morgan fingerprint density at radius 2 is 1.25 bits per heavy atom. The number of Topliss-reactive ketones (excluding diaryl/α,β-unsaturated/α-hetero) is 1. The predicted octanol–water partition coefficient (Wildman–Crippen LogP) is 5.31. The summed E-state index contributed by atoms with van der Waals surface area (Å²) in [5.41, 5.74) is 2.95. The maximum absolute atomic E-state index is 11.3. The number of carbonyl (C=O) groups excluding carboxylic acids is 1. The van der Waals surface area contributed by atoms with E-state index in [0.717, 1.165) is 16.7 Å². The van der Waals surface area contributed by atoms with E-state index in [1.807, 2.05) is 60.6 Å². The van der Waals surface area contributed by atoms with E-state index in [4.69, 9.17) is 10.2 Å². The number of aliphatic hydroxyl groups excluding tert-OH is 2. The van der Waals surface area contributed by atoms with Gasteiger partial charge in [0.15, 0.2) is 0 Å². The zero-order valence-corrected chi connectivity index (χ0v) is 22.9. The lowest BCUT2D eigenvalue weighted by molar-refractivity contribution is -0.131. The van der Waals surface area contributed by atoms with E-state index in [0.29, 0.717) is 11.1 Å². The predicted molar refractivity (Wildman–Crippen MR) is 141 cm³/mol. The molecule has 0 amide bonds. The van der Waals surface area contributed by atoms with Gasteiger partial charge in [-0.2, -0.15) is 0 Å². The molecule has 2 rings (SSSR count). The van der Waals surface area contributed by atoms with Crippen molar-refractivity contribution in [3.8, 4) is 0 Å². The zero-order valence-electron chi connectivity index (χ0n) is 22.9. The number of aliphatic carboxylic acids is 1. The lowest BCUT2D eigenvalue weighted by Crippen LogP contribution is -2.40. The number of hydrogen-bond donors (Lipinski definition) is 4. The fraction of sp³-hybridized carbons (Fsp3) is 0.483. The molecule has 36 heavy (non-hydrogen) atoms. The minimum absolute atomic E-state index is 0.0694. The summed E-state index contributed by atoms with van der Waals surface area (Å²) in [5.74, 6) is -2.98. The van der Waals surface area contributed by atoms with Crippen LogP contribution < -0.4 is 0 Å².